The summed E-state index contributed by atoms with van der Waals surface area (Å²) in [6.45, 7) is 3.32. The highest BCUT2D eigenvalue weighted by Gasteiger charge is 2.18. The smallest absolute Gasteiger partial charge is 0.133 e. The lowest BCUT2D eigenvalue weighted by atomic mass is 9.98. The van der Waals surface area contributed by atoms with E-state index in [9.17, 15) is 0 Å². The van der Waals surface area contributed by atoms with Gasteiger partial charge >= 0.3 is 0 Å². The Bertz CT molecular complexity index is 391. The second-order valence-corrected chi connectivity index (χ2v) is 6.01. The highest BCUT2D eigenvalue weighted by atomic mass is 79.9. The molecule has 1 aliphatic rings. The number of methoxy groups -OCH3 is 1. The van der Waals surface area contributed by atoms with Gasteiger partial charge in [0.05, 0.1) is 11.6 Å². The first-order valence-electron chi connectivity index (χ1n) is 6.33. The molecule has 100 valence electrons. The van der Waals surface area contributed by atoms with Crippen molar-refractivity contribution in [3.05, 3.63) is 28.2 Å². The van der Waals surface area contributed by atoms with Crippen LogP contribution in [0.2, 0.25) is 0 Å². The zero-order valence-electron chi connectivity index (χ0n) is 10.7. The van der Waals surface area contributed by atoms with E-state index < -0.39 is 0 Å². The zero-order chi connectivity index (χ0) is 13.0. The Morgan fingerprint density at radius 2 is 2.11 bits per heavy atom. The average Bonchev–Trinajstić information content (AvgIpc) is 2.40. The Labute approximate surface area is 122 Å². The van der Waals surface area contributed by atoms with E-state index >= 15 is 0 Å². The first kappa shape index (κ1) is 14.2. The molecule has 18 heavy (non-hydrogen) atoms. The van der Waals surface area contributed by atoms with Crippen molar-refractivity contribution in [3.8, 4) is 5.75 Å². The van der Waals surface area contributed by atoms with Crippen molar-refractivity contribution in [2.75, 3.05) is 26.1 Å². The largest absolute Gasteiger partial charge is 0.496 e. The summed E-state index contributed by atoms with van der Waals surface area (Å²) in [5.41, 5.74) is 1.33. The summed E-state index contributed by atoms with van der Waals surface area (Å²) in [7, 11) is 1.69. The fraction of sp³-hybridized carbons (Fsp3) is 0.571. The van der Waals surface area contributed by atoms with E-state index in [4.69, 9.17) is 16.3 Å². The van der Waals surface area contributed by atoms with E-state index in [1.807, 2.05) is 6.07 Å². The average molecular weight is 333 g/mol. The van der Waals surface area contributed by atoms with Gasteiger partial charge in [-0.05, 0) is 65.5 Å². The van der Waals surface area contributed by atoms with Gasteiger partial charge in [0.25, 0.3) is 0 Å². The molecule has 0 atom stereocenters. The van der Waals surface area contributed by atoms with Crippen LogP contribution in [-0.2, 0) is 6.54 Å². The van der Waals surface area contributed by atoms with Gasteiger partial charge in [0.1, 0.15) is 5.75 Å². The van der Waals surface area contributed by atoms with E-state index in [2.05, 4.69) is 33.0 Å². The highest BCUT2D eigenvalue weighted by Crippen LogP contribution is 2.27. The van der Waals surface area contributed by atoms with Crippen LogP contribution in [0.1, 0.15) is 18.4 Å². The van der Waals surface area contributed by atoms with Crippen molar-refractivity contribution in [1.29, 1.82) is 0 Å². The first-order chi connectivity index (χ1) is 8.72. The third-order valence-electron chi connectivity index (χ3n) is 3.55. The Hall–Kier alpha value is -0.250. The molecule has 2 nitrogen and oxygen atoms in total. The summed E-state index contributed by atoms with van der Waals surface area (Å²) in [5.74, 6) is 2.41. The highest BCUT2D eigenvalue weighted by molar-refractivity contribution is 9.10. The second kappa shape index (κ2) is 6.78. The molecule has 0 unspecified atom stereocenters. The number of halogens is 2. The number of hydrogen-bond donors (Lipinski definition) is 0. The van der Waals surface area contributed by atoms with Crippen LogP contribution in [0.4, 0.5) is 0 Å². The summed E-state index contributed by atoms with van der Waals surface area (Å²) in [6.07, 6.45) is 2.45. The summed E-state index contributed by atoms with van der Waals surface area (Å²) in [5, 5.41) is 0. The van der Waals surface area contributed by atoms with Gasteiger partial charge in [-0.2, -0.15) is 0 Å². The number of piperidine rings is 1. The second-order valence-electron chi connectivity index (χ2n) is 4.84. The number of benzene rings is 1. The van der Waals surface area contributed by atoms with Gasteiger partial charge in [-0.1, -0.05) is 6.07 Å². The molecule has 1 fully saturated rings. The van der Waals surface area contributed by atoms with Crippen molar-refractivity contribution in [3.63, 3.8) is 0 Å². The monoisotopic (exact) mass is 331 g/mol. The van der Waals surface area contributed by atoms with E-state index in [-0.39, 0.29) is 0 Å². The molecule has 1 aromatic rings. The van der Waals surface area contributed by atoms with Crippen molar-refractivity contribution < 1.29 is 4.74 Å². The van der Waals surface area contributed by atoms with Gasteiger partial charge in [-0.25, -0.2) is 0 Å². The van der Waals surface area contributed by atoms with Crippen molar-refractivity contribution in [1.82, 2.24) is 4.90 Å². The molecule has 0 saturated carbocycles. The minimum Gasteiger partial charge on any atom is -0.496 e. The molecule has 2 rings (SSSR count). The first-order valence-corrected chi connectivity index (χ1v) is 7.66. The molecular weight excluding hydrogens is 314 g/mol. The van der Waals surface area contributed by atoms with Crippen LogP contribution >= 0.6 is 27.5 Å². The molecule has 1 aromatic carbocycles. The van der Waals surface area contributed by atoms with Gasteiger partial charge in [0.2, 0.25) is 0 Å². The van der Waals surface area contributed by atoms with E-state index in [0.29, 0.717) is 5.92 Å². The van der Waals surface area contributed by atoms with Crippen LogP contribution in [0, 0.1) is 5.92 Å². The van der Waals surface area contributed by atoms with Crippen molar-refractivity contribution >= 4 is 27.5 Å². The Morgan fingerprint density at radius 3 is 2.67 bits per heavy atom. The fourth-order valence-corrected chi connectivity index (χ4v) is 3.26. The normalized spacial score (nSPS) is 17.9. The van der Waals surface area contributed by atoms with Crippen LogP contribution in [0.3, 0.4) is 0 Å². The maximum Gasteiger partial charge on any atom is 0.133 e. The van der Waals surface area contributed by atoms with Gasteiger partial charge in [-0.3, -0.25) is 4.90 Å². The number of rotatable bonds is 4. The van der Waals surface area contributed by atoms with Gasteiger partial charge in [0, 0.05) is 12.4 Å². The summed E-state index contributed by atoms with van der Waals surface area (Å²) < 4.78 is 6.27. The summed E-state index contributed by atoms with van der Waals surface area (Å²) >= 11 is 9.44. The number of likely N-dealkylation sites (tertiary alicyclic amines) is 1. The molecule has 0 radical (unpaired) electrons. The molecular formula is C14H19BrClNO. The topological polar surface area (TPSA) is 12.5 Å². The van der Waals surface area contributed by atoms with Crippen LogP contribution in [0.25, 0.3) is 0 Å². The lowest BCUT2D eigenvalue weighted by molar-refractivity contribution is 0.186. The van der Waals surface area contributed by atoms with Gasteiger partial charge < -0.3 is 4.74 Å². The number of ether oxygens (including phenoxy) is 1. The van der Waals surface area contributed by atoms with Gasteiger partial charge in [-0.15, -0.1) is 11.6 Å². The van der Waals surface area contributed by atoms with Crippen molar-refractivity contribution in [2.24, 2.45) is 5.92 Å². The number of nitrogens with zero attached hydrogens (tertiary/aromatic N) is 1. The third-order valence-corrected chi connectivity index (χ3v) is 4.60. The molecule has 0 aromatic heterocycles. The lowest BCUT2D eigenvalue weighted by Gasteiger charge is -2.31. The zero-order valence-corrected chi connectivity index (χ0v) is 13.0. The molecule has 1 saturated heterocycles. The predicted molar refractivity (Wildman–Crippen MR) is 79.4 cm³/mol. The molecule has 0 N–H and O–H groups in total. The quantitative estimate of drug-likeness (QED) is 0.775. The standard InChI is InChI=1S/C14H19BrClNO/c1-18-14-3-2-12(8-13(14)15)10-17-6-4-11(9-16)5-7-17/h2-3,8,11H,4-7,9-10H2,1H3. The number of alkyl halides is 1. The van der Waals surface area contributed by atoms with Crippen LogP contribution in [-0.4, -0.2) is 31.0 Å². The molecule has 1 aliphatic heterocycles. The summed E-state index contributed by atoms with van der Waals surface area (Å²) in [4.78, 5) is 2.50. The molecule has 4 heteroatoms. The van der Waals surface area contributed by atoms with E-state index in [0.717, 1.165) is 35.7 Å². The number of hydrogen-bond acceptors (Lipinski definition) is 2. The van der Waals surface area contributed by atoms with E-state index in [1.54, 1.807) is 7.11 Å². The van der Waals surface area contributed by atoms with Gasteiger partial charge in [0.15, 0.2) is 0 Å². The van der Waals surface area contributed by atoms with Crippen LogP contribution in [0.5, 0.6) is 5.75 Å². The molecule has 1 heterocycles. The Kier molecular flexibility index (Phi) is 5.34. The molecule has 0 aliphatic carbocycles. The maximum absolute atomic E-state index is 5.90. The summed E-state index contributed by atoms with van der Waals surface area (Å²) in [6, 6.07) is 6.30. The SMILES string of the molecule is COc1ccc(CN2CCC(CCl)CC2)cc1Br. The van der Waals surface area contributed by atoms with Crippen molar-refractivity contribution in [2.45, 2.75) is 19.4 Å². The minimum absolute atomic E-state index is 0.713. The fourth-order valence-electron chi connectivity index (χ4n) is 2.37. The Morgan fingerprint density at radius 1 is 1.39 bits per heavy atom. The maximum atomic E-state index is 5.90. The van der Waals surface area contributed by atoms with Crippen LogP contribution in [0.15, 0.2) is 22.7 Å². The molecule has 0 bridgehead atoms. The minimum atomic E-state index is 0.713. The third kappa shape index (κ3) is 3.62. The molecule has 0 amide bonds. The van der Waals surface area contributed by atoms with Crippen LogP contribution < -0.4 is 4.74 Å². The molecule has 0 spiro atoms. The Balaban J connectivity index is 1.92. The predicted octanol–water partition coefficient (Wildman–Crippen LogP) is 3.91. The lowest BCUT2D eigenvalue weighted by Crippen LogP contribution is -2.33. The van der Waals surface area contributed by atoms with E-state index in [1.165, 1.54) is 18.4 Å².